The Balaban J connectivity index is 2.26. The minimum atomic E-state index is -4.69. The summed E-state index contributed by atoms with van der Waals surface area (Å²) in [6.45, 7) is 2.55. The number of Topliss-reactive ketones (excluding diaryl/α,β-unsaturated/α-hetero) is 1. The smallest absolute Gasteiger partial charge is 0.416 e. The van der Waals surface area contributed by atoms with Gasteiger partial charge in [0.15, 0.2) is 5.78 Å². The highest BCUT2D eigenvalue weighted by atomic mass is 19.4. The van der Waals surface area contributed by atoms with Gasteiger partial charge in [0.25, 0.3) is 0 Å². The number of carboxylic acid groups (broad SMARTS) is 1. The monoisotopic (exact) mass is 441 g/mol. The van der Waals surface area contributed by atoms with Crippen LogP contribution in [-0.4, -0.2) is 17.7 Å². The van der Waals surface area contributed by atoms with Crippen LogP contribution >= 0.6 is 0 Å². The van der Waals surface area contributed by atoms with Crippen molar-refractivity contribution in [3.05, 3.63) is 76.5 Å². The summed E-state index contributed by atoms with van der Waals surface area (Å²) in [5.74, 6) is -6.43. The number of nitrogens with zero attached hydrogens (tertiary/aromatic N) is 2. The SMILES string of the molecule is CC(=O)C1=C(C)N(c2cccc(C(F)(F)F)c2)C(=O)C(C(=O)[O-])C1c1ccc(C#N)cc1. The largest absolute Gasteiger partial charge is 0.549 e. The molecule has 32 heavy (non-hydrogen) atoms. The Hall–Kier alpha value is -3.93. The number of allylic oxidation sites excluding steroid dienone is 2. The average Bonchev–Trinajstić information content (AvgIpc) is 2.72. The molecule has 0 N–H and O–H groups in total. The summed E-state index contributed by atoms with van der Waals surface area (Å²) in [6, 6.07) is 11.5. The van der Waals surface area contributed by atoms with E-state index in [1.54, 1.807) is 0 Å². The first-order chi connectivity index (χ1) is 15.0. The van der Waals surface area contributed by atoms with Crippen molar-refractivity contribution in [2.24, 2.45) is 5.92 Å². The van der Waals surface area contributed by atoms with Crippen molar-refractivity contribution >= 4 is 23.3 Å². The molecular formula is C23H16F3N2O4-. The second-order valence-electron chi connectivity index (χ2n) is 7.29. The van der Waals surface area contributed by atoms with Crippen LogP contribution in [0.3, 0.4) is 0 Å². The van der Waals surface area contributed by atoms with Gasteiger partial charge >= 0.3 is 6.18 Å². The summed E-state index contributed by atoms with van der Waals surface area (Å²) >= 11 is 0. The predicted octanol–water partition coefficient (Wildman–Crippen LogP) is 2.94. The zero-order valence-corrected chi connectivity index (χ0v) is 16.9. The van der Waals surface area contributed by atoms with E-state index in [1.165, 1.54) is 44.2 Å². The van der Waals surface area contributed by atoms with Crippen molar-refractivity contribution < 1.29 is 32.7 Å². The Morgan fingerprint density at radius 3 is 2.25 bits per heavy atom. The number of hydrogen-bond acceptors (Lipinski definition) is 5. The second-order valence-corrected chi connectivity index (χ2v) is 7.29. The molecule has 0 saturated heterocycles. The lowest BCUT2D eigenvalue weighted by Gasteiger charge is -2.40. The van der Waals surface area contributed by atoms with E-state index >= 15 is 0 Å². The normalized spacial score (nSPS) is 19.0. The molecule has 0 spiro atoms. The van der Waals surface area contributed by atoms with Crippen molar-refractivity contribution in [1.29, 1.82) is 5.26 Å². The van der Waals surface area contributed by atoms with Gasteiger partial charge in [-0.25, -0.2) is 0 Å². The zero-order valence-electron chi connectivity index (χ0n) is 16.9. The van der Waals surface area contributed by atoms with Crippen molar-refractivity contribution in [1.82, 2.24) is 0 Å². The number of amides is 1. The van der Waals surface area contributed by atoms with E-state index in [2.05, 4.69) is 0 Å². The summed E-state index contributed by atoms with van der Waals surface area (Å²) in [4.78, 5) is 38.6. The number of carbonyl (C=O) groups excluding carboxylic acids is 3. The molecule has 0 radical (unpaired) electrons. The maximum absolute atomic E-state index is 13.2. The van der Waals surface area contributed by atoms with Crippen LogP contribution in [-0.2, 0) is 20.6 Å². The van der Waals surface area contributed by atoms with Gasteiger partial charge in [-0.3, -0.25) is 14.5 Å². The Morgan fingerprint density at radius 2 is 1.75 bits per heavy atom. The summed E-state index contributed by atoms with van der Waals surface area (Å²) in [5, 5.41) is 21.0. The Labute approximate surface area is 181 Å². The van der Waals surface area contributed by atoms with Gasteiger partial charge in [0, 0.05) is 22.9 Å². The van der Waals surface area contributed by atoms with Gasteiger partial charge in [-0.1, -0.05) is 18.2 Å². The zero-order chi connectivity index (χ0) is 23.8. The standard InChI is InChI=1S/C23H17F3N2O4/c1-12-18(13(2)29)19(15-8-6-14(11-27)7-9-15)20(22(31)32)21(30)28(12)17-5-3-4-16(10-17)23(24,25)26/h3-10,19-20H,1-2H3,(H,31,32)/p-1. The lowest BCUT2D eigenvalue weighted by Crippen LogP contribution is -2.51. The molecule has 1 amide bonds. The van der Waals surface area contributed by atoms with Crippen molar-refractivity contribution in [2.45, 2.75) is 25.9 Å². The maximum atomic E-state index is 13.2. The molecule has 0 bridgehead atoms. The first kappa shape index (κ1) is 22.7. The fourth-order valence-electron chi connectivity index (χ4n) is 3.94. The first-order valence-electron chi connectivity index (χ1n) is 9.41. The molecule has 0 aliphatic carbocycles. The van der Waals surface area contributed by atoms with Gasteiger partial charge in [0.2, 0.25) is 5.91 Å². The molecule has 1 aliphatic heterocycles. The number of carboxylic acids is 1. The molecule has 0 aromatic heterocycles. The van der Waals surface area contributed by atoms with E-state index in [0.717, 1.165) is 17.0 Å². The number of halogens is 3. The van der Waals surface area contributed by atoms with Crippen LogP contribution in [0.5, 0.6) is 0 Å². The fraction of sp³-hybridized carbons (Fsp3) is 0.217. The van der Waals surface area contributed by atoms with Crippen LogP contribution in [0.4, 0.5) is 18.9 Å². The van der Waals surface area contributed by atoms with Crippen molar-refractivity contribution in [2.75, 3.05) is 4.90 Å². The van der Waals surface area contributed by atoms with Crippen LogP contribution < -0.4 is 10.0 Å². The highest BCUT2D eigenvalue weighted by Gasteiger charge is 2.44. The second kappa shape index (κ2) is 8.30. The van der Waals surface area contributed by atoms with Crippen LogP contribution in [0.1, 0.15) is 36.5 Å². The van der Waals surface area contributed by atoms with Crippen LogP contribution in [0, 0.1) is 17.2 Å². The lowest BCUT2D eigenvalue weighted by atomic mass is 9.74. The molecule has 2 aromatic carbocycles. The number of alkyl halides is 3. The number of nitriles is 1. The summed E-state index contributed by atoms with van der Waals surface area (Å²) in [7, 11) is 0. The molecule has 6 nitrogen and oxygen atoms in total. The molecule has 1 heterocycles. The molecule has 9 heteroatoms. The number of aliphatic carboxylic acids is 1. The van der Waals surface area contributed by atoms with E-state index in [9.17, 15) is 32.7 Å². The molecule has 0 saturated carbocycles. The highest BCUT2D eigenvalue weighted by molar-refractivity contribution is 6.13. The molecule has 0 fully saturated rings. The van der Waals surface area contributed by atoms with E-state index in [-0.39, 0.29) is 22.5 Å². The van der Waals surface area contributed by atoms with Gasteiger partial charge in [0.05, 0.1) is 29.1 Å². The molecule has 2 aromatic rings. The van der Waals surface area contributed by atoms with E-state index in [4.69, 9.17) is 5.26 Å². The van der Waals surface area contributed by atoms with Crippen LogP contribution in [0.2, 0.25) is 0 Å². The summed E-state index contributed by atoms with van der Waals surface area (Å²) in [5.41, 5.74) is -0.684. The van der Waals surface area contributed by atoms with Gasteiger partial charge in [0.1, 0.15) is 0 Å². The number of rotatable bonds is 4. The highest BCUT2D eigenvalue weighted by Crippen LogP contribution is 2.43. The molecule has 1 aliphatic rings. The molecular weight excluding hydrogens is 425 g/mol. The van der Waals surface area contributed by atoms with E-state index in [0.29, 0.717) is 11.6 Å². The summed E-state index contributed by atoms with van der Waals surface area (Å²) in [6.07, 6.45) is -4.69. The minimum Gasteiger partial charge on any atom is -0.549 e. The Bertz CT molecular complexity index is 1180. The van der Waals surface area contributed by atoms with Gasteiger partial charge < -0.3 is 9.90 Å². The predicted molar refractivity (Wildman–Crippen MR) is 105 cm³/mol. The van der Waals surface area contributed by atoms with Crippen LogP contribution in [0.15, 0.2) is 59.8 Å². The quantitative estimate of drug-likeness (QED) is 0.679. The van der Waals surface area contributed by atoms with Gasteiger partial charge in [-0.05, 0) is 49.7 Å². The molecule has 164 valence electrons. The van der Waals surface area contributed by atoms with Crippen molar-refractivity contribution in [3.8, 4) is 6.07 Å². The van der Waals surface area contributed by atoms with Crippen LogP contribution in [0.25, 0.3) is 0 Å². The number of anilines is 1. The summed E-state index contributed by atoms with van der Waals surface area (Å²) < 4.78 is 39.6. The third kappa shape index (κ3) is 3.99. The Kier molecular flexibility index (Phi) is 5.90. The lowest BCUT2D eigenvalue weighted by molar-refractivity contribution is -0.310. The van der Waals surface area contributed by atoms with Crippen molar-refractivity contribution in [3.63, 3.8) is 0 Å². The number of benzene rings is 2. The number of hydrogen-bond donors (Lipinski definition) is 0. The first-order valence-corrected chi connectivity index (χ1v) is 9.41. The third-order valence-corrected chi connectivity index (χ3v) is 5.32. The molecule has 2 unspecified atom stereocenters. The maximum Gasteiger partial charge on any atom is 0.416 e. The average molecular weight is 441 g/mol. The minimum absolute atomic E-state index is 0.0219. The number of ketones is 1. The molecule has 3 rings (SSSR count). The number of carbonyl (C=O) groups is 3. The molecule has 2 atom stereocenters. The fourth-order valence-corrected chi connectivity index (χ4v) is 3.94. The van der Waals surface area contributed by atoms with Gasteiger partial charge in [-0.2, -0.15) is 18.4 Å². The Morgan fingerprint density at radius 1 is 1.12 bits per heavy atom. The van der Waals surface area contributed by atoms with E-state index < -0.39 is 41.2 Å². The van der Waals surface area contributed by atoms with Gasteiger partial charge in [-0.15, -0.1) is 0 Å². The topological polar surface area (TPSA) is 101 Å². The van der Waals surface area contributed by atoms with E-state index in [1.807, 2.05) is 6.07 Å². The third-order valence-electron chi connectivity index (χ3n) is 5.32.